The van der Waals surface area contributed by atoms with Crippen LogP contribution >= 0.6 is 0 Å². The highest BCUT2D eigenvalue weighted by Gasteiger charge is 2.42. The standard InChI is InChI=1S/C12H26O4SSi/c1-12(2,3)18(5,6)16-11-7-10(8-11)9-15-17(4,13)14/h10-11H,7-9H2,1-6H3. The van der Waals surface area contributed by atoms with E-state index in [1.165, 1.54) is 0 Å². The molecule has 0 aliphatic heterocycles. The van der Waals surface area contributed by atoms with Gasteiger partial charge in [0.2, 0.25) is 0 Å². The van der Waals surface area contributed by atoms with Crippen molar-refractivity contribution in [1.29, 1.82) is 0 Å². The Labute approximate surface area is 112 Å². The predicted octanol–water partition coefficient (Wildman–Crippen LogP) is 2.76. The minimum atomic E-state index is -3.30. The number of rotatable bonds is 5. The van der Waals surface area contributed by atoms with Crippen molar-refractivity contribution in [3.8, 4) is 0 Å². The monoisotopic (exact) mass is 294 g/mol. The Kier molecular flexibility index (Phi) is 4.69. The van der Waals surface area contributed by atoms with E-state index in [-0.39, 0.29) is 5.04 Å². The first-order chi connectivity index (χ1) is 7.91. The second-order valence-electron chi connectivity index (χ2n) is 6.83. The third kappa shape index (κ3) is 4.64. The zero-order chi connectivity index (χ0) is 14.2. The molecule has 1 rings (SSSR count). The average molecular weight is 294 g/mol. The van der Waals surface area contributed by atoms with Crippen LogP contribution in [0.5, 0.6) is 0 Å². The van der Waals surface area contributed by atoms with Gasteiger partial charge in [0.05, 0.1) is 12.9 Å². The van der Waals surface area contributed by atoms with E-state index in [4.69, 9.17) is 8.61 Å². The Morgan fingerprint density at radius 2 is 1.72 bits per heavy atom. The van der Waals surface area contributed by atoms with Gasteiger partial charge in [0.25, 0.3) is 10.1 Å². The molecule has 1 aliphatic carbocycles. The lowest BCUT2D eigenvalue weighted by Crippen LogP contribution is -2.48. The minimum absolute atomic E-state index is 0.224. The lowest BCUT2D eigenvalue weighted by Gasteiger charge is -2.44. The van der Waals surface area contributed by atoms with Crippen LogP contribution in [0.2, 0.25) is 18.1 Å². The van der Waals surface area contributed by atoms with Gasteiger partial charge in [0.15, 0.2) is 8.32 Å². The second-order valence-corrected chi connectivity index (χ2v) is 13.2. The smallest absolute Gasteiger partial charge is 0.264 e. The summed E-state index contributed by atoms with van der Waals surface area (Å²) >= 11 is 0. The molecule has 1 aliphatic rings. The molecular formula is C12H26O4SSi. The van der Waals surface area contributed by atoms with Crippen LogP contribution in [0.1, 0.15) is 33.6 Å². The zero-order valence-corrected chi connectivity index (χ0v) is 14.1. The van der Waals surface area contributed by atoms with Crippen molar-refractivity contribution in [2.45, 2.75) is 57.8 Å². The summed E-state index contributed by atoms with van der Waals surface area (Å²) in [5, 5.41) is 0.224. The van der Waals surface area contributed by atoms with Gasteiger partial charge < -0.3 is 4.43 Å². The molecule has 1 saturated carbocycles. The number of hydrogen-bond acceptors (Lipinski definition) is 4. The van der Waals surface area contributed by atoms with Gasteiger partial charge >= 0.3 is 0 Å². The summed E-state index contributed by atoms with van der Waals surface area (Å²) in [5.74, 6) is 0.328. The molecule has 0 aromatic rings. The lowest BCUT2D eigenvalue weighted by atomic mass is 9.83. The summed E-state index contributed by atoms with van der Waals surface area (Å²) in [6, 6.07) is 0. The predicted molar refractivity (Wildman–Crippen MR) is 75.6 cm³/mol. The van der Waals surface area contributed by atoms with Gasteiger partial charge in [-0.25, -0.2) is 0 Å². The van der Waals surface area contributed by atoms with Crippen molar-refractivity contribution < 1.29 is 17.0 Å². The van der Waals surface area contributed by atoms with Crippen LogP contribution in [0.25, 0.3) is 0 Å². The average Bonchev–Trinajstić information content (AvgIpc) is 2.04. The van der Waals surface area contributed by atoms with Crippen molar-refractivity contribution in [2.24, 2.45) is 5.92 Å². The van der Waals surface area contributed by atoms with Crippen molar-refractivity contribution in [2.75, 3.05) is 12.9 Å². The van der Waals surface area contributed by atoms with Crippen LogP contribution in [0, 0.1) is 5.92 Å². The Morgan fingerprint density at radius 1 is 1.22 bits per heavy atom. The first-order valence-corrected chi connectivity index (χ1v) is 11.2. The third-order valence-electron chi connectivity index (χ3n) is 3.98. The maximum Gasteiger partial charge on any atom is 0.264 e. The molecule has 0 saturated heterocycles. The fourth-order valence-electron chi connectivity index (χ4n) is 1.72. The van der Waals surface area contributed by atoms with Gasteiger partial charge in [-0.05, 0) is 36.9 Å². The van der Waals surface area contributed by atoms with Crippen molar-refractivity contribution in [1.82, 2.24) is 0 Å². The second kappa shape index (κ2) is 5.23. The van der Waals surface area contributed by atoms with E-state index in [9.17, 15) is 8.42 Å². The summed E-state index contributed by atoms with van der Waals surface area (Å²) < 4.78 is 32.8. The van der Waals surface area contributed by atoms with E-state index in [0.29, 0.717) is 18.6 Å². The van der Waals surface area contributed by atoms with E-state index >= 15 is 0 Å². The summed E-state index contributed by atoms with van der Waals surface area (Å²) in [6.45, 7) is 11.5. The molecule has 4 nitrogen and oxygen atoms in total. The van der Waals surface area contributed by atoms with Crippen molar-refractivity contribution in [3.05, 3.63) is 0 Å². The largest absolute Gasteiger partial charge is 0.414 e. The Morgan fingerprint density at radius 3 is 2.11 bits per heavy atom. The van der Waals surface area contributed by atoms with Gasteiger partial charge in [-0.3, -0.25) is 4.18 Å². The van der Waals surface area contributed by atoms with Gasteiger partial charge in [-0.15, -0.1) is 0 Å². The fraction of sp³-hybridized carbons (Fsp3) is 1.00. The molecule has 6 heteroatoms. The van der Waals surface area contributed by atoms with Gasteiger partial charge in [0.1, 0.15) is 0 Å². The maximum absolute atomic E-state index is 10.9. The van der Waals surface area contributed by atoms with Crippen LogP contribution in [0.15, 0.2) is 0 Å². The quantitative estimate of drug-likeness (QED) is 0.578. The van der Waals surface area contributed by atoms with Gasteiger partial charge in [-0.1, -0.05) is 20.8 Å². The van der Waals surface area contributed by atoms with E-state index in [2.05, 4.69) is 33.9 Å². The third-order valence-corrected chi connectivity index (χ3v) is 9.08. The van der Waals surface area contributed by atoms with Crippen LogP contribution in [0.4, 0.5) is 0 Å². The minimum Gasteiger partial charge on any atom is -0.414 e. The first-order valence-electron chi connectivity index (χ1n) is 6.43. The molecule has 0 atom stereocenters. The Balaban J connectivity index is 2.32. The van der Waals surface area contributed by atoms with Crippen molar-refractivity contribution >= 4 is 18.4 Å². The Bertz CT molecular complexity index is 377. The van der Waals surface area contributed by atoms with Crippen LogP contribution in [-0.4, -0.2) is 35.7 Å². The van der Waals surface area contributed by atoms with Crippen LogP contribution < -0.4 is 0 Å². The summed E-state index contributed by atoms with van der Waals surface area (Å²) in [7, 11) is -4.99. The van der Waals surface area contributed by atoms with Crippen LogP contribution in [-0.2, 0) is 18.7 Å². The topological polar surface area (TPSA) is 52.6 Å². The maximum atomic E-state index is 10.9. The highest BCUT2D eigenvalue weighted by atomic mass is 32.2. The van der Waals surface area contributed by atoms with Gasteiger partial charge in [-0.2, -0.15) is 8.42 Å². The molecule has 0 unspecified atom stereocenters. The van der Waals surface area contributed by atoms with Crippen molar-refractivity contribution in [3.63, 3.8) is 0 Å². The van der Waals surface area contributed by atoms with Crippen LogP contribution in [0.3, 0.4) is 0 Å². The summed E-state index contributed by atoms with van der Waals surface area (Å²) in [6.07, 6.45) is 3.22. The molecule has 108 valence electrons. The van der Waals surface area contributed by atoms with E-state index < -0.39 is 18.4 Å². The SMILES string of the molecule is CC(C)(C)[Si](C)(C)OC1CC(COS(C)(=O)=O)C1. The molecule has 0 radical (unpaired) electrons. The molecule has 18 heavy (non-hydrogen) atoms. The van der Waals surface area contributed by atoms with E-state index in [0.717, 1.165) is 19.1 Å². The molecule has 0 bridgehead atoms. The molecule has 0 N–H and O–H groups in total. The Hall–Kier alpha value is 0.0869. The summed E-state index contributed by atoms with van der Waals surface area (Å²) in [5.41, 5.74) is 0. The molecule has 0 spiro atoms. The van der Waals surface area contributed by atoms with E-state index in [1.807, 2.05) is 0 Å². The summed E-state index contributed by atoms with van der Waals surface area (Å²) in [4.78, 5) is 0. The molecule has 0 aromatic carbocycles. The highest BCUT2D eigenvalue weighted by molar-refractivity contribution is 7.85. The van der Waals surface area contributed by atoms with E-state index in [1.54, 1.807) is 0 Å². The highest BCUT2D eigenvalue weighted by Crippen LogP contribution is 2.41. The first kappa shape index (κ1) is 16.1. The molecule has 1 fully saturated rings. The molecule has 0 amide bonds. The zero-order valence-electron chi connectivity index (χ0n) is 12.3. The molecular weight excluding hydrogens is 268 g/mol. The fourth-order valence-corrected chi connectivity index (χ4v) is 3.54. The lowest BCUT2D eigenvalue weighted by molar-refractivity contribution is 0.0303. The van der Waals surface area contributed by atoms with Gasteiger partial charge in [0, 0.05) is 6.10 Å². The number of hydrogen-bond donors (Lipinski definition) is 0. The normalized spacial score (nSPS) is 25.9. The molecule has 0 aromatic heterocycles. The molecule has 0 heterocycles.